The Balaban J connectivity index is 2.07. The monoisotopic (exact) mass is 271 g/mol. The topological polar surface area (TPSA) is 12.0 Å². The van der Waals surface area contributed by atoms with Gasteiger partial charge in [-0.2, -0.15) is 0 Å². The number of benzene rings is 2. The molecule has 0 heterocycles. The van der Waals surface area contributed by atoms with Crippen LogP contribution in [-0.4, -0.2) is 6.54 Å². The van der Waals surface area contributed by atoms with Crippen LogP contribution >= 0.6 is 0 Å². The second-order valence-electron chi connectivity index (χ2n) is 5.15. The summed E-state index contributed by atoms with van der Waals surface area (Å²) in [6.07, 6.45) is 1.65. The molecule has 0 bridgehead atoms. The van der Waals surface area contributed by atoms with Crippen LogP contribution in [0.3, 0.4) is 0 Å². The van der Waals surface area contributed by atoms with Crippen molar-refractivity contribution in [3.8, 4) is 0 Å². The lowest BCUT2D eigenvalue weighted by molar-refractivity contribution is 0.506. The molecule has 0 aliphatic carbocycles. The fraction of sp³-hybridized carbons (Fsp3) is 0.333. The Kier molecular flexibility index (Phi) is 5.31. The molecule has 0 spiro atoms. The van der Waals surface area contributed by atoms with Crippen LogP contribution in [0.1, 0.15) is 36.1 Å². The van der Waals surface area contributed by atoms with Gasteiger partial charge in [0.2, 0.25) is 0 Å². The van der Waals surface area contributed by atoms with E-state index < -0.39 is 0 Å². The number of nitrogens with one attached hydrogen (secondary N) is 1. The molecule has 0 aromatic heterocycles. The van der Waals surface area contributed by atoms with Gasteiger partial charge in [-0.25, -0.2) is 4.39 Å². The molecule has 2 aromatic rings. The lowest BCUT2D eigenvalue weighted by Crippen LogP contribution is -2.21. The quantitative estimate of drug-likeness (QED) is 0.820. The van der Waals surface area contributed by atoms with Gasteiger partial charge in [0.25, 0.3) is 0 Å². The standard InChI is InChI=1S/C18H22FN/c1-3-20-18(15-7-5-4-6-8-15)12-10-16-13-14(2)9-11-17(16)19/h4-9,11,13,18,20H,3,10,12H2,1-2H3. The molecule has 1 nitrogen and oxygen atoms in total. The fourth-order valence-electron chi connectivity index (χ4n) is 2.51. The average molecular weight is 271 g/mol. The predicted molar refractivity (Wildman–Crippen MR) is 82.3 cm³/mol. The normalized spacial score (nSPS) is 12.3. The molecule has 106 valence electrons. The average Bonchev–Trinajstić information content (AvgIpc) is 2.47. The lowest BCUT2D eigenvalue weighted by atomic mass is 9.98. The van der Waals surface area contributed by atoms with Crippen molar-refractivity contribution in [3.63, 3.8) is 0 Å². The highest BCUT2D eigenvalue weighted by Crippen LogP contribution is 2.20. The maximum Gasteiger partial charge on any atom is 0.126 e. The molecule has 0 saturated carbocycles. The van der Waals surface area contributed by atoms with E-state index in [0.29, 0.717) is 0 Å². The molecule has 0 aliphatic rings. The van der Waals surface area contributed by atoms with Gasteiger partial charge in [0, 0.05) is 6.04 Å². The highest BCUT2D eigenvalue weighted by molar-refractivity contribution is 5.25. The number of rotatable bonds is 6. The molecule has 1 N–H and O–H groups in total. The smallest absolute Gasteiger partial charge is 0.126 e. The summed E-state index contributed by atoms with van der Waals surface area (Å²) < 4.78 is 13.8. The first-order valence-electron chi connectivity index (χ1n) is 7.24. The summed E-state index contributed by atoms with van der Waals surface area (Å²) in [6, 6.07) is 16.0. The van der Waals surface area contributed by atoms with Gasteiger partial charge in [0.1, 0.15) is 5.82 Å². The highest BCUT2D eigenvalue weighted by atomic mass is 19.1. The predicted octanol–water partition coefficient (Wildman–Crippen LogP) is 4.42. The van der Waals surface area contributed by atoms with Crippen molar-refractivity contribution in [1.29, 1.82) is 0 Å². The Morgan fingerprint density at radius 2 is 1.85 bits per heavy atom. The molecule has 1 atom stereocenters. The van der Waals surface area contributed by atoms with Crippen LogP contribution in [0.2, 0.25) is 0 Å². The fourth-order valence-corrected chi connectivity index (χ4v) is 2.51. The van der Waals surface area contributed by atoms with E-state index in [0.717, 1.165) is 30.5 Å². The Hall–Kier alpha value is -1.67. The van der Waals surface area contributed by atoms with Gasteiger partial charge < -0.3 is 5.32 Å². The summed E-state index contributed by atoms with van der Waals surface area (Å²) in [7, 11) is 0. The molecule has 2 rings (SSSR count). The number of hydrogen-bond donors (Lipinski definition) is 1. The second kappa shape index (κ2) is 7.20. The molecule has 20 heavy (non-hydrogen) atoms. The molecule has 2 heteroatoms. The van der Waals surface area contributed by atoms with E-state index in [1.54, 1.807) is 6.07 Å². The summed E-state index contributed by atoms with van der Waals surface area (Å²) in [5.41, 5.74) is 3.19. The van der Waals surface area contributed by atoms with Crippen LogP contribution in [0, 0.1) is 12.7 Å². The van der Waals surface area contributed by atoms with Gasteiger partial charge >= 0.3 is 0 Å². The minimum atomic E-state index is -0.0982. The van der Waals surface area contributed by atoms with Crippen LogP contribution < -0.4 is 5.32 Å². The Bertz CT molecular complexity index is 536. The van der Waals surface area contributed by atoms with Crippen molar-refractivity contribution in [3.05, 3.63) is 71.0 Å². The van der Waals surface area contributed by atoms with E-state index in [-0.39, 0.29) is 11.9 Å². The van der Waals surface area contributed by atoms with Crippen LogP contribution in [0.5, 0.6) is 0 Å². The molecule has 0 saturated heterocycles. The van der Waals surface area contributed by atoms with E-state index in [1.165, 1.54) is 5.56 Å². The summed E-state index contributed by atoms with van der Waals surface area (Å²) >= 11 is 0. The minimum Gasteiger partial charge on any atom is -0.310 e. The Labute approximate surface area is 120 Å². The van der Waals surface area contributed by atoms with E-state index in [9.17, 15) is 4.39 Å². The Morgan fingerprint density at radius 3 is 2.55 bits per heavy atom. The van der Waals surface area contributed by atoms with Crippen molar-refractivity contribution in [1.82, 2.24) is 5.32 Å². The van der Waals surface area contributed by atoms with Crippen LogP contribution in [0.4, 0.5) is 4.39 Å². The lowest BCUT2D eigenvalue weighted by Gasteiger charge is -2.18. The maximum absolute atomic E-state index is 13.8. The van der Waals surface area contributed by atoms with E-state index in [2.05, 4.69) is 24.4 Å². The van der Waals surface area contributed by atoms with Gasteiger partial charge in [0.05, 0.1) is 0 Å². The third kappa shape index (κ3) is 3.91. The first-order valence-corrected chi connectivity index (χ1v) is 7.24. The zero-order chi connectivity index (χ0) is 14.4. The number of aryl methyl sites for hydroxylation is 2. The third-order valence-corrected chi connectivity index (χ3v) is 3.56. The molecule has 2 aromatic carbocycles. The van der Waals surface area contributed by atoms with Gasteiger partial charge in [-0.3, -0.25) is 0 Å². The van der Waals surface area contributed by atoms with Gasteiger partial charge in [-0.15, -0.1) is 0 Å². The van der Waals surface area contributed by atoms with Crippen molar-refractivity contribution < 1.29 is 4.39 Å². The largest absolute Gasteiger partial charge is 0.310 e. The molecule has 0 fully saturated rings. The number of halogens is 1. The van der Waals surface area contributed by atoms with Crippen LogP contribution in [0.15, 0.2) is 48.5 Å². The third-order valence-electron chi connectivity index (χ3n) is 3.56. The minimum absolute atomic E-state index is 0.0982. The highest BCUT2D eigenvalue weighted by Gasteiger charge is 2.11. The van der Waals surface area contributed by atoms with Crippen LogP contribution in [-0.2, 0) is 6.42 Å². The molecule has 0 aliphatic heterocycles. The van der Waals surface area contributed by atoms with Crippen molar-refractivity contribution in [2.75, 3.05) is 6.54 Å². The van der Waals surface area contributed by atoms with Gasteiger partial charge in [0.15, 0.2) is 0 Å². The van der Waals surface area contributed by atoms with Gasteiger partial charge in [-0.1, -0.05) is 55.0 Å². The summed E-state index contributed by atoms with van der Waals surface area (Å²) in [5, 5.41) is 3.48. The molecule has 1 unspecified atom stereocenters. The van der Waals surface area contributed by atoms with E-state index in [1.807, 2.05) is 37.3 Å². The second-order valence-corrected chi connectivity index (χ2v) is 5.15. The van der Waals surface area contributed by atoms with Gasteiger partial charge in [-0.05, 0) is 43.5 Å². The molecule has 0 amide bonds. The van der Waals surface area contributed by atoms with Crippen molar-refractivity contribution in [2.24, 2.45) is 0 Å². The first kappa shape index (κ1) is 14.7. The van der Waals surface area contributed by atoms with E-state index in [4.69, 9.17) is 0 Å². The maximum atomic E-state index is 13.8. The zero-order valence-electron chi connectivity index (χ0n) is 12.2. The van der Waals surface area contributed by atoms with Crippen molar-refractivity contribution in [2.45, 2.75) is 32.7 Å². The van der Waals surface area contributed by atoms with Crippen LogP contribution in [0.25, 0.3) is 0 Å². The summed E-state index contributed by atoms with van der Waals surface area (Å²) in [5.74, 6) is -0.0982. The number of hydrogen-bond acceptors (Lipinski definition) is 1. The SMILES string of the molecule is CCNC(CCc1cc(C)ccc1F)c1ccccc1. The first-order chi connectivity index (χ1) is 9.70. The zero-order valence-corrected chi connectivity index (χ0v) is 12.2. The molecular formula is C18H22FN. The summed E-state index contributed by atoms with van der Waals surface area (Å²) in [6.45, 7) is 5.01. The summed E-state index contributed by atoms with van der Waals surface area (Å²) in [4.78, 5) is 0. The molecule has 0 radical (unpaired) electrons. The van der Waals surface area contributed by atoms with E-state index >= 15 is 0 Å². The van der Waals surface area contributed by atoms with Crippen molar-refractivity contribution >= 4 is 0 Å². The Morgan fingerprint density at radius 1 is 1.10 bits per heavy atom. The molecular weight excluding hydrogens is 249 g/mol.